The molecule has 1 aliphatic rings. The molecule has 0 fully saturated rings. The number of rotatable bonds is 3. The summed E-state index contributed by atoms with van der Waals surface area (Å²) in [7, 11) is 0. The largest absolute Gasteiger partial charge is 0.218 e. The molecule has 31 heavy (non-hydrogen) atoms. The number of hydrazone groups is 1. The van der Waals surface area contributed by atoms with Crippen molar-refractivity contribution in [3.63, 3.8) is 0 Å². The average molecular weight is 463 g/mol. The molecule has 2 heterocycles. The van der Waals surface area contributed by atoms with Crippen molar-refractivity contribution in [2.24, 2.45) is 10.1 Å². The predicted molar refractivity (Wildman–Crippen MR) is 133 cm³/mol. The first kappa shape index (κ1) is 19.9. The van der Waals surface area contributed by atoms with E-state index >= 15 is 0 Å². The fourth-order valence-electron chi connectivity index (χ4n) is 3.32. The number of thiazole rings is 1. The summed E-state index contributed by atoms with van der Waals surface area (Å²) in [6, 6.07) is 23.3. The fraction of sp³-hybridized carbons (Fsp3) is 0.0417. The van der Waals surface area contributed by atoms with Crippen LogP contribution in [0.1, 0.15) is 12.5 Å². The fourth-order valence-corrected chi connectivity index (χ4v) is 4.46. The van der Waals surface area contributed by atoms with Crippen LogP contribution in [0.3, 0.4) is 0 Å². The van der Waals surface area contributed by atoms with Crippen LogP contribution in [0.5, 0.6) is 0 Å². The van der Waals surface area contributed by atoms with Crippen LogP contribution < -0.4 is 5.01 Å². The third-order valence-corrected chi connectivity index (χ3v) is 6.22. The average Bonchev–Trinajstić information content (AvgIpc) is 3.31. The van der Waals surface area contributed by atoms with Crippen LogP contribution in [0.15, 0.2) is 88.5 Å². The highest BCUT2D eigenvalue weighted by Crippen LogP contribution is 2.33. The van der Waals surface area contributed by atoms with Crippen LogP contribution >= 0.6 is 34.5 Å². The number of anilines is 1. The molecular formula is C24H16Cl2N4S. The lowest BCUT2D eigenvalue weighted by atomic mass is 10.1. The van der Waals surface area contributed by atoms with E-state index in [2.05, 4.69) is 11.1 Å². The molecule has 152 valence electrons. The first-order chi connectivity index (χ1) is 15.1. The molecule has 4 aromatic rings. The summed E-state index contributed by atoms with van der Waals surface area (Å²) in [5, 5.41) is 8.60. The van der Waals surface area contributed by atoms with Gasteiger partial charge in [0.05, 0.1) is 21.6 Å². The molecule has 5 rings (SSSR count). The maximum absolute atomic E-state index is 6.25. The highest BCUT2D eigenvalue weighted by molar-refractivity contribution is 7.22. The van der Waals surface area contributed by atoms with Gasteiger partial charge in [-0.05, 0) is 61.0 Å². The molecule has 0 amide bonds. The standard InChI is InChI=1S/C24H16Cl2N4S/c1-15-20(13-16-9-11-17(25)12-10-16)23(30(29-15)19-6-4-5-18(26)14-19)28-24-27-21-7-2-3-8-22(21)31-24/h2-14H,1H3/b20-13-,28-23+. The summed E-state index contributed by atoms with van der Waals surface area (Å²) >= 11 is 13.9. The third kappa shape index (κ3) is 4.12. The maximum Gasteiger partial charge on any atom is 0.212 e. The molecule has 4 nitrogen and oxygen atoms in total. The molecular weight excluding hydrogens is 447 g/mol. The van der Waals surface area contributed by atoms with Gasteiger partial charge in [0.15, 0.2) is 5.84 Å². The van der Waals surface area contributed by atoms with E-state index < -0.39 is 0 Å². The van der Waals surface area contributed by atoms with Crippen LogP contribution in [0, 0.1) is 0 Å². The van der Waals surface area contributed by atoms with Crippen LogP contribution in [-0.2, 0) is 0 Å². The third-order valence-electron chi connectivity index (χ3n) is 4.80. The highest BCUT2D eigenvalue weighted by atomic mass is 35.5. The molecule has 0 saturated carbocycles. The Morgan fingerprint density at radius 1 is 0.935 bits per heavy atom. The van der Waals surface area contributed by atoms with E-state index in [-0.39, 0.29) is 0 Å². The second-order valence-corrected chi connectivity index (χ2v) is 8.87. The second-order valence-electron chi connectivity index (χ2n) is 6.99. The zero-order valence-corrected chi connectivity index (χ0v) is 18.8. The van der Waals surface area contributed by atoms with Crippen molar-refractivity contribution in [2.75, 3.05) is 5.01 Å². The maximum atomic E-state index is 6.25. The molecule has 3 aromatic carbocycles. The van der Waals surface area contributed by atoms with Crippen LogP contribution in [0.2, 0.25) is 10.0 Å². The molecule has 1 aromatic heterocycles. The number of halogens is 2. The monoisotopic (exact) mass is 462 g/mol. The number of aliphatic imine (C=N–C) groups is 1. The second kappa shape index (κ2) is 8.27. The summed E-state index contributed by atoms with van der Waals surface area (Å²) in [5.74, 6) is 0.703. The molecule has 0 bridgehead atoms. The number of nitrogens with zero attached hydrogens (tertiary/aromatic N) is 4. The molecule has 0 aliphatic carbocycles. The normalized spacial score (nSPS) is 16.5. The smallest absolute Gasteiger partial charge is 0.212 e. The Morgan fingerprint density at radius 3 is 2.52 bits per heavy atom. The predicted octanol–water partition coefficient (Wildman–Crippen LogP) is 7.61. The van der Waals surface area contributed by atoms with Gasteiger partial charge < -0.3 is 0 Å². The number of benzene rings is 3. The van der Waals surface area contributed by atoms with Gasteiger partial charge in [-0.2, -0.15) is 10.1 Å². The summed E-state index contributed by atoms with van der Waals surface area (Å²) in [6.07, 6.45) is 2.06. The number of hydrogen-bond acceptors (Lipinski definition) is 4. The van der Waals surface area contributed by atoms with Gasteiger partial charge in [-0.3, -0.25) is 0 Å². The van der Waals surface area contributed by atoms with E-state index in [9.17, 15) is 0 Å². The van der Waals surface area contributed by atoms with Gasteiger partial charge in [0, 0.05) is 15.6 Å². The quantitative estimate of drug-likeness (QED) is 0.314. The summed E-state index contributed by atoms with van der Waals surface area (Å²) in [4.78, 5) is 9.61. The lowest BCUT2D eigenvalue weighted by Gasteiger charge is -2.15. The zero-order chi connectivity index (χ0) is 21.4. The lowest BCUT2D eigenvalue weighted by Crippen LogP contribution is -2.21. The van der Waals surface area contributed by atoms with Gasteiger partial charge in [0.25, 0.3) is 0 Å². The number of aromatic nitrogens is 1. The summed E-state index contributed by atoms with van der Waals surface area (Å²) in [5.41, 5.74) is 4.56. The highest BCUT2D eigenvalue weighted by Gasteiger charge is 2.27. The first-order valence-electron chi connectivity index (χ1n) is 9.60. The van der Waals surface area contributed by atoms with E-state index in [0.29, 0.717) is 21.0 Å². The molecule has 0 spiro atoms. The van der Waals surface area contributed by atoms with E-state index in [1.807, 2.05) is 84.7 Å². The van der Waals surface area contributed by atoms with E-state index in [4.69, 9.17) is 33.3 Å². The molecule has 7 heteroatoms. The molecule has 0 N–H and O–H groups in total. The molecule has 0 atom stereocenters. The Labute approximate surface area is 193 Å². The van der Waals surface area contributed by atoms with Crippen molar-refractivity contribution < 1.29 is 0 Å². The Morgan fingerprint density at radius 2 is 1.74 bits per heavy atom. The molecule has 0 unspecified atom stereocenters. The van der Waals surface area contributed by atoms with Gasteiger partial charge in [-0.15, -0.1) is 0 Å². The number of fused-ring (bicyclic) bond motifs is 1. The number of para-hydroxylation sites is 1. The SMILES string of the molecule is CC1=NN(c2cccc(Cl)c2)C(=N/c2nc3ccccc3s2)/C1=C\c1ccc(Cl)cc1. The molecule has 1 aliphatic heterocycles. The number of amidine groups is 1. The number of hydrogen-bond donors (Lipinski definition) is 0. The Balaban J connectivity index is 1.65. The van der Waals surface area contributed by atoms with Crippen LogP contribution in [-0.4, -0.2) is 16.5 Å². The summed E-state index contributed by atoms with van der Waals surface area (Å²) < 4.78 is 1.09. The van der Waals surface area contributed by atoms with Gasteiger partial charge >= 0.3 is 0 Å². The Kier molecular flexibility index (Phi) is 5.32. The van der Waals surface area contributed by atoms with Gasteiger partial charge in [0.1, 0.15) is 0 Å². The Hall–Kier alpha value is -2.99. The molecule has 0 radical (unpaired) electrons. The van der Waals surface area contributed by atoms with Gasteiger partial charge in [0.2, 0.25) is 5.13 Å². The van der Waals surface area contributed by atoms with Crippen molar-refractivity contribution in [1.29, 1.82) is 0 Å². The minimum absolute atomic E-state index is 0.639. The zero-order valence-electron chi connectivity index (χ0n) is 16.5. The minimum atomic E-state index is 0.639. The van der Waals surface area contributed by atoms with E-state index in [0.717, 1.165) is 32.8 Å². The van der Waals surface area contributed by atoms with Crippen molar-refractivity contribution in [3.05, 3.63) is 94.0 Å². The van der Waals surface area contributed by atoms with E-state index in [1.165, 1.54) is 0 Å². The first-order valence-corrected chi connectivity index (χ1v) is 11.2. The van der Waals surface area contributed by atoms with Crippen LogP contribution in [0.25, 0.3) is 16.3 Å². The lowest BCUT2D eigenvalue weighted by molar-refractivity contribution is 1.15. The summed E-state index contributed by atoms with van der Waals surface area (Å²) in [6.45, 7) is 1.97. The molecule has 0 saturated heterocycles. The van der Waals surface area contributed by atoms with Crippen molar-refractivity contribution in [1.82, 2.24) is 4.98 Å². The minimum Gasteiger partial charge on any atom is -0.218 e. The van der Waals surface area contributed by atoms with Crippen LogP contribution in [0.4, 0.5) is 10.8 Å². The van der Waals surface area contributed by atoms with Crippen molar-refractivity contribution in [3.8, 4) is 0 Å². The van der Waals surface area contributed by atoms with Gasteiger partial charge in [-0.1, -0.05) is 64.9 Å². The van der Waals surface area contributed by atoms with Gasteiger partial charge in [-0.25, -0.2) is 9.99 Å². The van der Waals surface area contributed by atoms with E-state index in [1.54, 1.807) is 11.3 Å². The Bertz CT molecular complexity index is 1340. The topological polar surface area (TPSA) is 40.9 Å². The van der Waals surface area contributed by atoms with Crippen molar-refractivity contribution in [2.45, 2.75) is 6.92 Å². The van der Waals surface area contributed by atoms with Crippen molar-refractivity contribution >= 4 is 73.2 Å².